The molecule has 144 valence electrons. The lowest BCUT2D eigenvalue weighted by molar-refractivity contribution is 0.143. The summed E-state index contributed by atoms with van der Waals surface area (Å²) in [5, 5.41) is 3.14. The SMILES string of the molecule is Cc1ccc(NC(=O)N2CC3CCC2C2=C3CCC=C2)cc1-c1ccccn1.[HH]. The summed E-state index contributed by atoms with van der Waals surface area (Å²) in [5.74, 6) is 0.540. The van der Waals surface area contributed by atoms with E-state index < -0.39 is 0 Å². The van der Waals surface area contributed by atoms with Gasteiger partial charge in [0, 0.05) is 25.4 Å². The topological polar surface area (TPSA) is 45.2 Å². The number of hydrogen-bond donors (Lipinski definition) is 1. The van der Waals surface area contributed by atoms with Gasteiger partial charge in [-0.2, -0.15) is 0 Å². The standard InChI is InChI=1S/C24H25N3O.H2/c1-16-9-11-18(14-21(16)22-8-4-5-13-25-22)26-24(28)27-15-17-10-12-23(27)20-7-3-2-6-19(17)20;/h3-5,7-9,11,13-14,17,23H,2,6,10,12,15H2,1H3,(H,26,28);1H. The van der Waals surface area contributed by atoms with Gasteiger partial charge in [0.1, 0.15) is 0 Å². The van der Waals surface area contributed by atoms with E-state index >= 15 is 0 Å². The molecule has 1 aromatic carbocycles. The number of nitrogens with zero attached hydrogens (tertiary/aromatic N) is 2. The smallest absolute Gasteiger partial charge is 0.317 e. The molecule has 2 aliphatic heterocycles. The average Bonchev–Trinajstić information content (AvgIpc) is 2.76. The van der Waals surface area contributed by atoms with Crippen molar-refractivity contribution in [2.24, 2.45) is 5.92 Å². The maximum Gasteiger partial charge on any atom is 0.322 e. The fraction of sp³-hybridized carbons (Fsp3) is 0.333. The van der Waals surface area contributed by atoms with Gasteiger partial charge in [0.15, 0.2) is 0 Å². The third kappa shape index (κ3) is 2.93. The molecule has 1 aromatic heterocycles. The molecule has 4 nitrogen and oxygen atoms in total. The van der Waals surface area contributed by atoms with Crippen molar-refractivity contribution in [3.8, 4) is 11.3 Å². The van der Waals surface area contributed by atoms with Crippen molar-refractivity contribution in [3.63, 3.8) is 0 Å². The number of carbonyl (C=O) groups is 1. The Labute approximate surface area is 167 Å². The minimum absolute atomic E-state index is 0. The molecule has 0 spiro atoms. The molecule has 6 rings (SSSR count). The summed E-state index contributed by atoms with van der Waals surface area (Å²) in [4.78, 5) is 19.6. The number of aryl methyl sites for hydroxylation is 1. The van der Waals surface area contributed by atoms with E-state index in [1.165, 1.54) is 18.4 Å². The molecule has 0 saturated carbocycles. The first-order valence-electron chi connectivity index (χ1n) is 10.2. The lowest BCUT2D eigenvalue weighted by atomic mass is 9.72. The summed E-state index contributed by atoms with van der Waals surface area (Å²) in [6.07, 6.45) is 10.9. The Morgan fingerprint density at radius 3 is 3.04 bits per heavy atom. The minimum Gasteiger partial charge on any atom is -0.317 e. The molecule has 3 heterocycles. The summed E-state index contributed by atoms with van der Waals surface area (Å²) >= 11 is 0. The number of hydrogen-bond acceptors (Lipinski definition) is 2. The molecule has 28 heavy (non-hydrogen) atoms. The zero-order valence-corrected chi connectivity index (χ0v) is 16.2. The van der Waals surface area contributed by atoms with Gasteiger partial charge in [-0.1, -0.05) is 29.9 Å². The number of pyridine rings is 1. The van der Waals surface area contributed by atoms with Crippen LogP contribution in [0.3, 0.4) is 0 Å². The monoisotopic (exact) mass is 373 g/mol. The van der Waals surface area contributed by atoms with Crippen molar-refractivity contribution in [2.75, 3.05) is 11.9 Å². The van der Waals surface area contributed by atoms with Crippen molar-refractivity contribution in [1.29, 1.82) is 0 Å². The maximum atomic E-state index is 13.1. The lowest BCUT2D eigenvalue weighted by Gasteiger charge is -2.48. The molecule has 2 atom stereocenters. The number of carbonyl (C=O) groups excluding carboxylic acids is 1. The van der Waals surface area contributed by atoms with E-state index in [0.29, 0.717) is 5.92 Å². The highest BCUT2D eigenvalue weighted by Crippen LogP contribution is 2.43. The van der Waals surface area contributed by atoms with Gasteiger partial charge in [-0.3, -0.25) is 4.98 Å². The van der Waals surface area contributed by atoms with Crippen LogP contribution in [0, 0.1) is 12.8 Å². The highest BCUT2D eigenvalue weighted by molar-refractivity contribution is 5.91. The molecule has 1 saturated heterocycles. The third-order valence-corrected chi connectivity index (χ3v) is 6.37. The Kier molecular flexibility index (Phi) is 4.27. The van der Waals surface area contributed by atoms with Crippen LogP contribution in [0.1, 0.15) is 32.7 Å². The predicted octanol–water partition coefficient (Wildman–Crippen LogP) is 5.58. The molecular weight excluding hydrogens is 346 g/mol. The number of rotatable bonds is 2. The zero-order chi connectivity index (χ0) is 19.1. The number of benzene rings is 1. The Morgan fingerprint density at radius 2 is 2.18 bits per heavy atom. The summed E-state index contributed by atoms with van der Waals surface area (Å²) in [5.41, 5.74) is 6.97. The van der Waals surface area contributed by atoms with Gasteiger partial charge in [0.25, 0.3) is 0 Å². The van der Waals surface area contributed by atoms with Crippen molar-refractivity contribution in [2.45, 2.75) is 38.6 Å². The minimum atomic E-state index is 0. The van der Waals surface area contributed by atoms with Crippen molar-refractivity contribution < 1.29 is 6.22 Å². The largest absolute Gasteiger partial charge is 0.322 e. The summed E-state index contributed by atoms with van der Waals surface area (Å²) < 4.78 is 0. The molecule has 2 bridgehead atoms. The van der Waals surface area contributed by atoms with E-state index in [0.717, 1.165) is 41.9 Å². The third-order valence-electron chi connectivity index (χ3n) is 6.37. The van der Waals surface area contributed by atoms with E-state index in [1.54, 1.807) is 11.8 Å². The van der Waals surface area contributed by atoms with Crippen molar-refractivity contribution in [1.82, 2.24) is 9.88 Å². The normalized spacial score (nSPS) is 23.0. The second kappa shape index (κ2) is 6.93. The number of fused-ring (bicyclic) bond motifs is 2. The summed E-state index contributed by atoms with van der Waals surface area (Å²) in [6, 6.07) is 12.2. The number of anilines is 1. The Morgan fingerprint density at radius 1 is 1.25 bits per heavy atom. The number of aromatic nitrogens is 1. The fourth-order valence-corrected chi connectivity index (χ4v) is 4.96. The van der Waals surface area contributed by atoms with Gasteiger partial charge >= 0.3 is 6.03 Å². The first kappa shape index (κ1) is 17.2. The molecule has 2 aliphatic carbocycles. The Balaban J connectivity index is 0.00000205. The van der Waals surface area contributed by atoms with Crippen molar-refractivity contribution in [3.05, 3.63) is 71.5 Å². The van der Waals surface area contributed by atoms with Crippen LogP contribution in [0.5, 0.6) is 0 Å². The first-order chi connectivity index (χ1) is 13.7. The second-order valence-corrected chi connectivity index (χ2v) is 8.04. The number of amides is 2. The van der Waals surface area contributed by atoms with Gasteiger partial charge in [-0.05, 0) is 73.9 Å². The Bertz CT molecular complexity index is 983. The molecular formula is C24H27N3O. The number of piperidine rings is 1. The van der Waals surface area contributed by atoms with Crippen LogP contribution in [-0.4, -0.2) is 28.5 Å². The van der Waals surface area contributed by atoms with Crippen LogP contribution in [0.15, 0.2) is 65.9 Å². The van der Waals surface area contributed by atoms with E-state index in [9.17, 15) is 4.79 Å². The molecule has 0 radical (unpaired) electrons. The van der Waals surface area contributed by atoms with Crippen LogP contribution >= 0.6 is 0 Å². The average molecular weight is 374 g/mol. The van der Waals surface area contributed by atoms with Crippen LogP contribution in [-0.2, 0) is 0 Å². The molecule has 2 aromatic rings. The van der Waals surface area contributed by atoms with Crippen LogP contribution in [0.4, 0.5) is 10.5 Å². The van der Waals surface area contributed by atoms with Crippen molar-refractivity contribution >= 4 is 11.7 Å². The van der Waals surface area contributed by atoms with Gasteiger partial charge in [-0.15, -0.1) is 0 Å². The van der Waals surface area contributed by atoms with Crippen LogP contribution in [0.2, 0.25) is 0 Å². The van der Waals surface area contributed by atoms with Gasteiger partial charge in [0.05, 0.1) is 11.7 Å². The quantitative estimate of drug-likeness (QED) is 0.747. The number of urea groups is 1. The number of nitrogens with one attached hydrogen (secondary N) is 1. The van der Waals surface area contributed by atoms with Gasteiger partial charge in [0.2, 0.25) is 0 Å². The summed E-state index contributed by atoms with van der Waals surface area (Å²) in [6.45, 7) is 2.92. The second-order valence-electron chi connectivity index (χ2n) is 8.04. The van der Waals surface area contributed by atoms with E-state index in [-0.39, 0.29) is 13.5 Å². The molecule has 1 fully saturated rings. The van der Waals surface area contributed by atoms with Gasteiger partial charge < -0.3 is 10.2 Å². The molecule has 4 heteroatoms. The lowest BCUT2D eigenvalue weighted by Crippen LogP contribution is -2.53. The van der Waals surface area contributed by atoms with E-state index in [4.69, 9.17) is 0 Å². The zero-order valence-electron chi connectivity index (χ0n) is 16.2. The fourth-order valence-electron chi connectivity index (χ4n) is 4.96. The highest BCUT2D eigenvalue weighted by Gasteiger charge is 2.41. The van der Waals surface area contributed by atoms with E-state index in [1.807, 2.05) is 41.3 Å². The Hall–Kier alpha value is -2.88. The first-order valence-corrected chi connectivity index (χ1v) is 10.2. The molecule has 2 amide bonds. The maximum absolute atomic E-state index is 13.1. The molecule has 2 unspecified atom stereocenters. The van der Waals surface area contributed by atoms with Crippen LogP contribution < -0.4 is 5.32 Å². The van der Waals surface area contributed by atoms with E-state index in [2.05, 4.69) is 29.4 Å². The summed E-state index contributed by atoms with van der Waals surface area (Å²) in [7, 11) is 0. The predicted molar refractivity (Wildman–Crippen MR) is 114 cm³/mol. The van der Waals surface area contributed by atoms with Crippen LogP contribution in [0.25, 0.3) is 11.3 Å². The molecule has 1 N–H and O–H groups in total. The number of allylic oxidation sites excluding steroid dienone is 1. The van der Waals surface area contributed by atoms with Gasteiger partial charge in [-0.25, -0.2) is 4.79 Å². The molecule has 4 aliphatic rings. The highest BCUT2D eigenvalue weighted by atomic mass is 16.2.